The second-order valence-electron chi connectivity index (χ2n) is 16.2. The lowest BCUT2D eigenvalue weighted by Gasteiger charge is -2.29. The first-order valence-corrected chi connectivity index (χ1v) is 18.8. The maximum absolute atomic E-state index is 6.35. The molecule has 2 aliphatic rings. The third-order valence-corrected chi connectivity index (χ3v) is 12.4. The van der Waals surface area contributed by atoms with Gasteiger partial charge in [-0.2, -0.15) is 0 Å². The van der Waals surface area contributed by atoms with Crippen molar-refractivity contribution in [1.82, 2.24) is 0 Å². The summed E-state index contributed by atoms with van der Waals surface area (Å²) in [6.45, 7) is 11.7. The molecule has 0 spiro atoms. The van der Waals surface area contributed by atoms with E-state index in [0.29, 0.717) is 0 Å². The van der Waals surface area contributed by atoms with Crippen LogP contribution >= 0.6 is 0 Å². The Morgan fingerprint density at radius 1 is 0.415 bits per heavy atom. The summed E-state index contributed by atoms with van der Waals surface area (Å²) in [5.74, 6) is 0. The van der Waals surface area contributed by atoms with Crippen molar-refractivity contribution in [2.45, 2.75) is 45.4 Å². The molecular formula is C51H39NO. The van der Waals surface area contributed by atoms with Gasteiger partial charge in [0, 0.05) is 38.7 Å². The molecule has 8 aromatic carbocycles. The van der Waals surface area contributed by atoms with Crippen molar-refractivity contribution >= 4 is 60.5 Å². The molecule has 53 heavy (non-hydrogen) atoms. The van der Waals surface area contributed by atoms with Crippen molar-refractivity contribution in [2.24, 2.45) is 0 Å². The average Bonchev–Trinajstić information content (AvgIpc) is 3.73. The fraction of sp³-hybridized carbons (Fsp3) is 0.137. The molecule has 1 heterocycles. The van der Waals surface area contributed by atoms with E-state index in [1.165, 1.54) is 82.4 Å². The van der Waals surface area contributed by atoms with E-state index in [2.05, 4.69) is 179 Å². The molecule has 0 bridgehead atoms. The standard InChI is InChI=1S/C51H39NO/c1-30-14-18-33(19-15-30)52(35-21-25-38-42-29-47-43(39-12-8-9-13-46(39)53-47)28-45(42)50(2,3)44(38)27-35)34-20-24-37-32(26-34)17-23-41-40-22-16-31-10-6-7-11-36(31)48(40)51(4,5)49(37)41/h6-29H,1-5H3. The van der Waals surface area contributed by atoms with Gasteiger partial charge in [0.25, 0.3) is 0 Å². The van der Waals surface area contributed by atoms with E-state index in [1.54, 1.807) is 0 Å². The summed E-state index contributed by atoms with van der Waals surface area (Å²) in [5.41, 5.74) is 17.1. The van der Waals surface area contributed by atoms with Gasteiger partial charge in [-0.15, -0.1) is 0 Å². The van der Waals surface area contributed by atoms with E-state index >= 15 is 0 Å². The van der Waals surface area contributed by atoms with Crippen LogP contribution in [0.3, 0.4) is 0 Å². The van der Waals surface area contributed by atoms with Crippen molar-refractivity contribution in [3.63, 3.8) is 0 Å². The zero-order chi connectivity index (χ0) is 35.8. The summed E-state index contributed by atoms with van der Waals surface area (Å²) >= 11 is 0. The normalized spacial score (nSPS) is 14.8. The number of fused-ring (bicyclic) bond motifs is 13. The molecule has 0 saturated heterocycles. The van der Waals surface area contributed by atoms with Crippen LogP contribution in [-0.2, 0) is 10.8 Å². The summed E-state index contributed by atoms with van der Waals surface area (Å²) in [4.78, 5) is 2.43. The molecule has 2 aliphatic carbocycles. The van der Waals surface area contributed by atoms with Gasteiger partial charge in [-0.1, -0.05) is 124 Å². The van der Waals surface area contributed by atoms with Crippen LogP contribution < -0.4 is 4.90 Å². The molecule has 0 aliphatic heterocycles. The Morgan fingerprint density at radius 3 is 1.81 bits per heavy atom. The fourth-order valence-electron chi connectivity index (χ4n) is 9.87. The van der Waals surface area contributed by atoms with Gasteiger partial charge in [-0.05, 0) is 128 Å². The van der Waals surface area contributed by atoms with E-state index in [-0.39, 0.29) is 10.8 Å². The molecule has 11 rings (SSSR count). The van der Waals surface area contributed by atoms with Gasteiger partial charge < -0.3 is 9.32 Å². The summed E-state index contributed by atoms with van der Waals surface area (Å²) in [6.07, 6.45) is 0. The molecule has 0 radical (unpaired) electrons. The summed E-state index contributed by atoms with van der Waals surface area (Å²) in [6, 6.07) is 54.2. The molecule has 1 aromatic heterocycles. The topological polar surface area (TPSA) is 16.4 Å². The number of rotatable bonds is 3. The number of anilines is 3. The maximum Gasteiger partial charge on any atom is 0.136 e. The van der Waals surface area contributed by atoms with Crippen LogP contribution in [0.5, 0.6) is 0 Å². The van der Waals surface area contributed by atoms with Gasteiger partial charge in [0.1, 0.15) is 11.2 Å². The molecule has 254 valence electrons. The lowest BCUT2D eigenvalue weighted by Crippen LogP contribution is -2.17. The van der Waals surface area contributed by atoms with Crippen LogP contribution in [0.4, 0.5) is 17.1 Å². The molecule has 2 nitrogen and oxygen atoms in total. The second-order valence-corrected chi connectivity index (χ2v) is 16.2. The third kappa shape index (κ3) is 4.15. The van der Waals surface area contributed by atoms with Crippen LogP contribution in [-0.4, -0.2) is 0 Å². The number of hydrogen-bond acceptors (Lipinski definition) is 2. The van der Waals surface area contributed by atoms with Crippen LogP contribution in [0.1, 0.15) is 55.5 Å². The summed E-state index contributed by atoms with van der Waals surface area (Å²) in [7, 11) is 0. The molecule has 2 heteroatoms. The number of hydrogen-bond donors (Lipinski definition) is 0. The SMILES string of the molecule is Cc1ccc(N(c2ccc3c(c2)C(C)(C)c2cc4c(cc2-3)oc2ccccc24)c2ccc3c4c(ccc3c2)-c2ccc3ccccc3c2C4(C)C)cc1. The molecular weight excluding hydrogens is 643 g/mol. The Labute approximate surface area is 309 Å². The number of nitrogens with zero attached hydrogens (tertiary/aromatic N) is 1. The van der Waals surface area contributed by atoms with Gasteiger partial charge in [0.15, 0.2) is 0 Å². The molecule has 9 aromatic rings. The predicted molar refractivity (Wildman–Crippen MR) is 223 cm³/mol. The molecule has 0 N–H and O–H groups in total. The number of aryl methyl sites for hydroxylation is 1. The van der Waals surface area contributed by atoms with Gasteiger partial charge in [0.2, 0.25) is 0 Å². The van der Waals surface area contributed by atoms with Crippen molar-refractivity contribution in [3.8, 4) is 22.3 Å². The molecule has 0 unspecified atom stereocenters. The Balaban J connectivity index is 1.07. The van der Waals surface area contributed by atoms with Crippen LogP contribution in [0.2, 0.25) is 0 Å². The lowest BCUT2D eigenvalue weighted by atomic mass is 9.78. The summed E-state index contributed by atoms with van der Waals surface area (Å²) in [5, 5.41) is 7.59. The second kappa shape index (κ2) is 10.5. The van der Waals surface area contributed by atoms with Crippen LogP contribution in [0.15, 0.2) is 150 Å². The quantitative estimate of drug-likeness (QED) is 0.185. The van der Waals surface area contributed by atoms with Crippen molar-refractivity contribution in [1.29, 1.82) is 0 Å². The Bertz CT molecular complexity index is 3010. The highest BCUT2D eigenvalue weighted by Gasteiger charge is 2.39. The molecule has 0 saturated carbocycles. The van der Waals surface area contributed by atoms with Crippen molar-refractivity contribution in [2.75, 3.05) is 4.90 Å². The highest BCUT2D eigenvalue weighted by Crippen LogP contribution is 2.55. The van der Waals surface area contributed by atoms with Crippen LogP contribution in [0, 0.1) is 6.92 Å². The maximum atomic E-state index is 6.35. The third-order valence-electron chi connectivity index (χ3n) is 12.4. The predicted octanol–water partition coefficient (Wildman–Crippen LogP) is 14.3. The zero-order valence-corrected chi connectivity index (χ0v) is 30.7. The minimum atomic E-state index is -0.180. The first-order chi connectivity index (χ1) is 25.7. The number of furan rings is 1. The molecule has 0 fully saturated rings. The van der Waals surface area contributed by atoms with Crippen molar-refractivity contribution in [3.05, 3.63) is 173 Å². The fourth-order valence-corrected chi connectivity index (χ4v) is 9.87. The highest BCUT2D eigenvalue weighted by atomic mass is 16.3. The zero-order valence-electron chi connectivity index (χ0n) is 30.7. The van der Waals surface area contributed by atoms with Gasteiger partial charge in [-0.3, -0.25) is 0 Å². The summed E-state index contributed by atoms with van der Waals surface area (Å²) < 4.78 is 6.35. The van der Waals surface area contributed by atoms with E-state index < -0.39 is 0 Å². The largest absolute Gasteiger partial charge is 0.456 e. The van der Waals surface area contributed by atoms with Crippen molar-refractivity contribution < 1.29 is 4.42 Å². The minimum Gasteiger partial charge on any atom is -0.456 e. The lowest BCUT2D eigenvalue weighted by molar-refractivity contribution is 0.658. The Morgan fingerprint density at radius 2 is 1.02 bits per heavy atom. The molecule has 0 amide bonds. The monoisotopic (exact) mass is 681 g/mol. The molecule has 0 atom stereocenters. The Kier molecular flexibility index (Phi) is 6.03. The van der Waals surface area contributed by atoms with E-state index in [9.17, 15) is 0 Å². The van der Waals surface area contributed by atoms with Gasteiger partial charge in [-0.25, -0.2) is 0 Å². The number of para-hydroxylation sites is 1. The smallest absolute Gasteiger partial charge is 0.136 e. The first kappa shape index (κ1) is 30.5. The van der Waals surface area contributed by atoms with Crippen LogP contribution in [0.25, 0.3) is 65.7 Å². The van der Waals surface area contributed by atoms with Gasteiger partial charge >= 0.3 is 0 Å². The van der Waals surface area contributed by atoms with E-state index in [1.807, 2.05) is 6.07 Å². The van der Waals surface area contributed by atoms with E-state index in [4.69, 9.17) is 4.42 Å². The first-order valence-electron chi connectivity index (χ1n) is 18.8. The van der Waals surface area contributed by atoms with Gasteiger partial charge in [0.05, 0.1) is 0 Å². The average molecular weight is 682 g/mol. The Hall–Kier alpha value is -6.12. The highest BCUT2D eigenvalue weighted by molar-refractivity contribution is 6.08. The minimum absolute atomic E-state index is 0.128. The van der Waals surface area contributed by atoms with E-state index in [0.717, 1.165) is 28.2 Å². The number of benzene rings is 8.